The average Bonchev–Trinajstić information content (AvgIpc) is 2.30. The second kappa shape index (κ2) is 7.55. The fraction of sp³-hybridized carbons (Fsp3) is 0.818. The number of thiol groups is 1. The number of amides is 2. The Morgan fingerprint density at radius 1 is 1.18 bits per heavy atom. The first kappa shape index (κ1) is 14.3. The Morgan fingerprint density at radius 2 is 1.82 bits per heavy atom. The SMILES string of the molecule is O=C(CCS)NCC(=O)NC1CCC(O)CC1. The van der Waals surface area contributed by atoms with Gasteiger partial charge in [-0.15, -0.1) is 0 Å². The second-order valence-electron chi connectivity index (χ2n) is 4.32. The summed E-state index contributed by atoms with van der Waals surface area (Å²) in [7, 11) is 0. The predicted octanol–water partition coefficient (Wildman–Crippen LogP) is -0.158. The van der Waals surface area contributed by atoms with Crippen LogP contribution in [0, 0.1) is 0 Å². The van der Waals surface area contributed by atoms with Crippen molar-refractivity contribution in [3.05, 3.63) is 0 Å². The number of carbonyl (C=O) groups excluding carboxylic acids is 2. The van der Waals surface area contributed by atoms with E-state index in [1.165, 1.54) is 0 Å². The Labute approximate surface area is 107 Å². The lowest BCUT2D eigenvalue weighted by Gasteiger charge is -2.26. The molecule has 0 saturated heterocycles. The number of hydrogen-bond acceptors (Lipinski definition) is 4. The van der Waals surface area contributed by atoms with Crippen LogP contribution in [0.4, 0.5) is 0 Å². The summed E-state index contributed by atoms with van der Waals surface area (Å²) in [6, 6.07) is 0.132. The molecule has 1 rings (SSSR count). The van der Waals surface area contributed by atoms with Crippen molar-refractivity contribution in [1.29, 1.82) is 0 Å². The van der Waals surface area contributed by atoms with Crippen molar-refractivity contribution in [2.45, 2.75) is 44.2 Å². The molecule has 0 aromatic rings. The van der Waals surface area contributed by atoms with Crippen molar-refractivity contribution < 1.29 is 14.7 Å². The molecule has 0 bridgehead atoms. The maximum Gasteiger partial charge on any atom is 0.239 e. The van der Waals surface area contributed by atoms with E-state index in [-0.39, 0.29) is 30.5 Å². The summed E-state index contributed by atoms with van der Waals surface area (Å²) in [4.78, 5) is 22.6. The van der Waals surface area contributed by atoms with Crippen LogP contribution in [-0.2, 0) is 9.59 Å². The summed E-state index contributed by atoms with van der Waals surface area (Å²) in [5.41, 5.74) is 0. The largest absolute Gasteiger partial charge is 0.393 e. The molecule has 2 amide bonds. The van der Waals surface area contributed by atoms with Gasteiger partial charge in [-0.3, -0.25) is 9.59 Å². The van der Waals surface area contributed by atoms with E-state index in [4.69, 9.17) is 0 Å². The maximum absolute atomic E-state index is 11.5. The van der Waals surface area contributed by atoms with Crippen LogP contribution in [0.2, 0.25) is 0 Å². The van der Waals surface area contributed by atoms with Gasteiger partial charge in [0, 0.05) is 12.5 Å². The van der Waals surface area contributed by atoms with E-state index >= 15 is 0 Å². The van der Waals surface area contributed by atoms with E-state index in [0.717, 1.165) is 25.7 Å². The minimum atomic E-state index is -0.224. The number of rotatable bonds is 5. The number of aliphatic hydroxyl groups is 1. The summed E-state index contributed by atoms with van der Waals surface area (Å²) in [6.07, 6.45) is 3.17. The third-order valence-electron chi connectivity index (χ3n) is 2.85. The van der Waals surface area contributed by atoms with Crippen molar-refractivity contribution >= 4 is 24.4 Å². The monoisotopic (exact) mass is 260 g/mol. The van der Waals surface area contributed by atoms with Crippen molar-refractivity contribution in [1.82, 2.24) is 10.6 Å². The molecule has 6 heteroatoms. The molecule has 0 aliphatic heterocycles. The molecule has 17 heavy (non-hydrogen) atoms. The molecule has 98 valence electrons. The molecule has 1 fully saturated rings. The predicted molar refractivity (Wildman–Crippen MR) is 67.9 cm³/mol. The zero-order valence-electron chi connectivity index (χ0n) is 9.82. The molecule has 1 aliphatic rings. The quantitative estimate of drug-likeness (QED) is 0.519. The second-order valence-corrected chi connectivity index (χ2v) is 4.77. The highest BCUT2D eigenvalue weighted by Gasteiger charge is 2.20. The number of aliphatic hydroxyl groups excluding tert-OH is 1. The van der Waals surface area contributed by atoms with E-state index < -0.39 is 0 Å². The molecule has 0 aromatic carbocycles. The van der Waals surface area contributed by atoms with E-state index in [1.54, 1.807) is 0 Å². The standard InChI is InChI=1S/C11H20N2O3S/c14-9-3-1-8(2-4-9)13-11(16)7-12-10(15)5-6-17/h8-9,14,17H,1-7H2,(H,12,15)(H,13,16). The van der Waals surface area contributed by atoms with Gasteiger partial charge in [-0.05, 0) is 31.4 Å². The van der Waals surface area contributed by atoms with Gasteiger partial charge in [0.15, 0.2) is 0 Å². The summed E-state index contributed by atoms with van der Waals surface area (Å²) in [5.74, 6) is 0.154. The minimum Gasteiger partial charge on any atom is -0.393 e. The first-order chi connectivity index (χ1) is 8.11. The van der Waals surface area contributed by atoms with Crippen molar-refractivity contribution in [3.8, 4) is 0 Å². The van der Waals surface area contributed by atoms with Crippen LogP contribution in [-0.4, -0.2) is 41.4 Å². The number of carbonyl (C=O) groups is 2. The lowest BCUT2D eigenvalue weighted by molar-refractivity contribution is -0.126. The molecule has 0 atom stereocenters. The Hall–Kier alpha value is -0.750. The average molecular weight is 260 g/mol. The van der Waals surface area contributed by atoms with E-state index in [0.29, 0.717) is 12.2 Å². The summed E-state index contributed by atoms with van der Waals surface area (Å²) < 4.78 is 0. The van der Waals surface area contributed by atoms with Crippen molar-refractivity contribution in [2.75, 3.05) is 12.3 Å². The van der Waals surface area contributed by atoms with E-state index in [1.807, 2.05) is 0 Å². The normalized spacial score (nSPS) is 24.1. The van der Waals surface area contributed by atoms with Gasteiger partial charge in [-0.25, -0.2) is 0 Å². The van der Waals surface area contributed by atoms with Gasteiger partial charge in [0.05, 0.1) is 12.6 Å². The fourth-order valence-electron chi connectivity index (χ4n) is 1.87. The molecular weight excluding hydrogens is 240 g/mol. The highest BCUT2D eigenvalue weighted by molar-refractivity contribution is 7.80. The molecule has 0 spiro atoms. The number of hydrogen-bond donors (Lipinski definition) is 4. The molecule has 5 nitrogen and oxygen atoms in total. The van der Waals surface area contributed by atoms with Crippen LogP contribution in [0.1, 0.15) is 32.1 Å². The van der Waals surface area contributed by atoms with Gasteiger partial charge < -0.3 is 15.7 Å². The van der Waals surface area contributed by atoms with Gasteiger partial charge >= 0.3 is 0 Å². The van der Waals surface area contributed by atoms with Crippen molar-refractivity contribution in [2.24, 2.45) is 0 Å². The lowest BCUT2D eigenvalue weighted by atomic mass is 9.93. The zero-order valence-corrected chi connectivity index (χ0v) is 10.7. The molecule has 0 aromatic heterocycles. The molecular formula is C11H20N2O3S. The van der Waals surface area contributed by atoms with Crippen LogP contribution in [0.5, 0.6) is 0 Å². The highest BCUT2D eigenvalue weighted by atomic mass is 32.1. The van der Waals surface area contributed by atoms with Gasteiger partial charge in [-0.1, -0.05) is 0 Å². The summed E-state index contributed by atoms with van der Waals surface area (Å²) in [5, 5.41) is 14.7. The van der Waals surface area contributed by atoms with Crippen LogP contribution < -0.4 is 10.6 Å². The van der Waals surface area contributed by atoms with Gasteiger partial charge in [-0.2, -0.15) is 12.6 Å². The Balaban J connectivity index is 2.14. The van der Waals surface area contributed by atoms with Crippen LogP contribution in [0.25, 0.3) is 0 Å². The van der Waals surface area contributed by atoms with Crippen molar-refractivity contribution in [3.63, 3.8) is 0 Å². The van der Waals surface area contributed by atoms with Gasteiger partial charge in [0.2, 0.25) is 11.8 Å². The Bertz CT molecular complexity index is 265. The highest BCUT2D eigenvalue weighted by Crippen LogP contribution is 2.17. The Morgan fingerprint density at radius 3 is 2.41 bits per heavy atom. The van der Waals surface area contributed by atoms with Crippen LogP contribution >= 0.6 is 12.6 Å². The Kier molecular flexibility index (Phi) is 6.36. The van der Waals surface area contributed by atoms with Gasteiger partial charge in [0.25, 0.3) is 0 Å². The van der Waals surface area contributed by atoms with E-state index in [2.05, 4.69) is 23.3 Å². The molecule has 0 heterocycles. The summed E-state index contributed by atoms with van der Waals surface area (Å²) >= 11 is 3.93. The third-order valence-corrected chi connectivity index (χ3v) is 3.07. The zero-order chi connectivity index (χ0) is 12.7. The first-order valence-corrected chi connectivity index (χ1v) is 6.60. The van der Waals surface area contributed by atoms with E-state index in [9.17, 15) is 14.7 Å². The maximum atomic E-state index is 11.5. The van der Waals surface area contributed by atoms with Crippen LogP contribution in [0.3, 0.4) is 0 Å². The summed E-state index contributed by atoms with van der Waals surface area (Å²) in [6.45, 7) is 0.0195. The third kappa shape index (κ3) is 5.93. The number of nitrogens with one attached hydrogen (secondary N) is 2. The molecule has 0 radical (unpaired) electrons. The molecule has 3 N–H and O–H groups in total. The topological polar surface area (TPSA) is 78.4 Å². The molecule has 1 saturated carbocycles. The van der Waals surface area contributed by atoms with Crippen LogP contribution in [0.15, 0.2) is 0 Å². The minimum absolute atomic E-state index is 0.0195. The molecule has 0 unspecified atom stereocenters. The smallest absolute Gasteiger partial charge is 0.239 e. The van der Waals surface area contributed by atoms with Gasteiger partial charge in [0.1, 0.15) is 0 Å². The molecule has 1 aliphatic carbocycles. The lowest BCUT2D eigenvalue weighted by Crippen LogP contribution is -2.43. The fourth-order valence-corrected chi connectivity index (χ4v) is 2.07. The first-order valence-electron chi connectivity index (χ1n) is 5.97.